The van der Waals surface area contributed by atoms with Crippen LogP contribution in [-0.4, -0.2) is 17.6 Å². The van der Waals surface area contributed by atoms with Crippen molar-refractivity contribution in [1.29, 1.82) is 0 Å². The van der Waals surface area contributed by atoms with Crippen molar-refractivity contribution in [2.75, 3.05) is 11.4 Å². The molecule has 1 unspecified atom stereocenters. The maximum atomic E-state index is 5.90. The molecule has 0 aromatic carbocycles. The van der Waals surface area contributed by atoms with E-state index in [1.807, 2.05) is 6.92 Å². The quantitative estimate of drug-likeness (QED) is 0.818. The lowest BCUT2D eigenvalue weighted by Crippen LogP contribution is -2.37. The third-order valence-electron chi connectivity index (χ3n) is 3.17. The van der Waals surface area contributed by atoms with Crippen LogP contribution >= 0.6 is 11.3 Å². The SMILES string of the molecule is CCC(CC)N(CC(C)C)c1nc(C(C)N)cs1. The molecule has 0 bridgehead atoms. The van der Waals surface area contributed by atoms with Gasteiger partial charge in [0.2, 0.25) is 0 Å². The number of nitrogens with two attached hydrogens (primary N) is 1. The normalized spacial score (nSPS) is 13.3. The maximum absolute atomic E-state index is 5.90. The zero-order valence-electron chi connectivity index (χ0n) is 12.3. The monoisotopic (exact) mass is 269 g/mol. The summed E-state index contributed by atoms with van der Waals surface area (Å²) in [5.41, 5.74) is 6.90. The maximum Gasteiger partial charge on any atom is 0.185 e. The Labute approximate surface area is 115 Å². The topological polar surface area (TPSA) is 42.2 Å². The minimum atomic E-state index is 0.0256. The molecule has 0 aliphatic heterocycles. The molecule has 1 atom stereocenters. The Morgan fingerprint density at radius 2 is 1.89 bits per heavy atom. The first-order valence-electron chi connectivity index (χ1n) is 6.97. The molecule has 1 aromatic rings. The smallest absolute Gasteiger partial charge is 0.185 e. The summed E-state index contributed by atoms with van der Waals surface area (Å²) in [7, 11) is 0. The Hall–Kier alpha value is -0.610. The number of hydrogen-bond donors (Lipinski definition) is 1. The van der Waals surface area contributed by atoms with E-state index in [-0.39, 0.29) is 6.04 Å². The predicted octanol–water partition coefficient (Wildman–Crippen LogP) is 3.81. The van der Waals surface area contributed by atoms with Crippen LogP contribution in [-0.2, 0) is 0 Å². The van der Waals surface area contributed by atoms with E-state index in [1.165, 1.54) is 0 Å². The molecule has 0 fully saturated rings. The first-order chi connectivity index (χ1) is 8.49. The second-order valence-electron chi connectivity index (χ2n) is 5.36. The molecule has 1 rings (SSSR count). The highest BCUT2D eigenvalue weighted by molar-refractivity contribution is 7.13. The summed E-state index contributed by atoms with van der Waals surface area (Å²) in [4.78, 5) is 7.16. The fourth-order valence-electron chi connectivity index (χ4n) is 2.12. The average molecular weight is 269 g/mol. The van der Waals surface area contributed by atoms with Crippen molar-refractivity contribution in [1.82, 2.24) is 4.98 Å². The molecule has 0 saturated heterocycles. The minimum absolute atomic E-state index is 0.0256. The molecular weight excluding hydrogens is 242 g/mol. The Bertz CT molecular complexity index is 343. The van der Waals surface area contributed by atoms with Crippen LogP contribution in [0.5, 0.6) is 0 Å². The molecule has 1 heterocycles. The summed E-state index contributed by atoms with van der Waals surface area (Å²) in [5, 5.41) is 3.22. The van der Waals surface area contributed by atoms with E-state index in [2.05, 4.69) is 38.0 Å². The van der Waals surface area contributed by atoms with Crippen LogP contribution in [0.1, 0.15) is 59.2 Å². The van der Waals surface area contributed by atoms with Crippen molar-refractivity contribution in [2.24, 2.45) is 11.7 Å². The van der Waals surface area contributed by atoms with E-state index < -0.39 is 0 Å². The van der Waals surface area contributed by atoms with E-state index >= 15 is 0 Å². The van der Waals surface area contributed by atoms with Gasteiger partial charge in [-0.05, 0) is 25.7 Å². The van der Waals surface area contributed by atoms with Crippen molar-refractivity contribution in [2.45, 2.75) is 59.5 Å². The molecule has 0 amide bonds. The van der Waals surface area contributed by atoms with Crippen molar-refractivity contribution in [3.8, 4) is 0 Å². The lowest BCUT2D eigenvalue weighted by molar-refractivity contribution is 0.506. The molecule has 0 saturated carbocycles. The van der Waals surface area contributed by atoms with E-state index in [0.717, 1.165) is 30.2 Å². The van der Waals surface area contributed by atoms with Gasteiger partial charge in [-0.1, -0.05) is 27.7 Å². The molecular formula is C14H27N3S. The third-order valence-corrected chi connectivity index (χ3v) is 4.06. The second kappa shape index (κ2) is 7.10. The van der Waals surface area contributed by atoms with Crippen molar-refractivity contribution >= 4 is 16.5 Å². The largest absolute Gasteiger partial charge is 0.345 e. The van der Waals surface area contributed by atoms with Gasteiger partial charge in [0.15, 0.2) is 5.13 Å². The lowest BCUT2D eigenvalue weighted by Gasteiger charge is -2.31. The van der Waals surface area contributed by atoms with Crippen LogP contribution in [0, 0.1) is 5.92 Å². The van der Waals surface area contributed by atoms with Gasteiger partial charge in [0.1, 0.15) is 0 Å². The van der Waals surface area contributed by atoms with Gasteiger partial charge in [-0.15, -0.1) is 11.3 Å². The Kier molecular flexibility index (Phi) is 6.09. The van der Waals surface area contributed by atoms with Gasteiger partial charge in [-0.2, -0.15) is 0 Å². The number of thiazole rings is 1. The number of nitrogens with zero attached hydrogens (tertiary/aromatic N) is 2. The van der Waals surface area contributed by atoms with Gasteiger partial charge >= 0.3 is 0 Å². The van der Waals surface area contributed by atoms with Gasteiger partial charge in [-0.3, -0.25) is 0 Å². The third kappa shape index (κ3) is 3.95. The first kappa shape index (κ1) is 15.4. The fourth-order valence-corrected chi connectivity index (χ4v) is 3.13. The Morgan fingerprint density at radius 3 is 2.28 bits per heavy atom. The fraction of sp³-hybridized carbons (Fsp3) is 0.786. The zero-order valence-corrected chi connectivity index (χ0v) is 13.1. The van der Waals surface area contributed by atoms with Crippen LogP contribution in [0.3, 0.4) is 0 Å². The highest BCUT2D eigenvalue weighted by Gasteiger charge is 2.20. The Morgan fingerprint density at radius 1 is 1.28 bits per heavy atom. The molecule has 4 heteroatoms. The van der Waals surface area contributed by atoms with Gasteiger partial charge in [0.25, 0.3) is 0 Å². The molecule has 2 N–H and O–H groups in total. The molecule has 104 valence electrons. The van der Waals surface area contributed by atoms with Gasteiger partial charge < -0.3 is 10.6 Å². The molecule has 0 spiro atoms. The van der Waals surface area contributed by atoms with Gasteiger partial charge in [-0.25, -0.2) is 4.98 Å². The van der Waals surface area contributed by atoms with Crippen molar-refractivity contribution < 1.29 is 0 Å². The van der Waals surface area contributed by atoms with E-state index in [0.29, 0.717) is 12.0 Å². The van der Waals surface area contributed by atoms with Crippen LogP contribution in [0.15, 0.2) is 5.38 Å². The highest BCUT2D eigenvalue weighted by Crippen LogP contribution is 2.27. The highest BCUT2D eigenvalue weighted by atomic mass is 32.1. The zero-order chi connectivity index (χ0) is 13.7. The summed E-state index contributed by atoms with van der Waals surface area (Å²) >= 11 is 1.72. The summed E-state index contributed by atoms with van der Waals surface area (Å²) in [6.45, 7) is 12.1. The van der Waals surface area contributed by atoms with Crippen molar-refractivity contribution in [3.05, 3.63) is 11.1 Å². The van der Waals surface area contributed by atoms with E-state index in [4.69, 9.17) is 10.7 Å². The number of rotatable bonds is 7. The van der Waals surface area contributed by atoms with E-state index in [9.17, 15) is 0 Å². The van der Waals surface area contributed by atoms with Gasteiger partial charge in [0.05, 0.1) is 5.69 Å². The van der Waals surface area contributed by atoms with Crippen LogP contribution < -0.4 is 10.6 Å². The average Bonchev–Trinajstić information content (AvgIpc) is 2.78. The molecule has 18 heavy (non-hydrogen) atoms. The van der Waals surface area contributed by atoms with Gasteiger partial charge in [0, 0.05) is 24.0 Å². The molecule has 0 aliphatic rings. The number of aromatic nitrogens is 1. The Balaban J connectivity index is 2.93. The van der Waals surface area contributed by atoms with Crippen molar-refractivity contribution in [3.63, 3.8) is 0 Å². The molecule has 3 nitrogen and oxygen atoms in total. The standard InChI is InChI=1S/C14H27N3S/c1-6-12(7-2)17(8-10(3)4)14-16-13(9-18-14)11(5)15/h9-12H,6-8,15H2,1-5H3. The number of anilines is 1. The minimum Gasteiger partial charge on any atom is -0.345 e. The molecule has 0 aliphatic carbocycles. The first-order valence-corrected chi connectivity index (χ1v) is 7.85. The molecule has 0 radical (unpaired) electrons. The lowest BCUT2D eigenvalue weighted by atomic mass is 10.1. The second-order valence-corrected chi connectivity index (χ2v) is 6.20. The molecule has 1 aromatic heterocycles. The van der Waals surface area contributed by atoms with Crippen LogP contribution in [0.25, 0.3) is 0 Å². The summed E-state index contributed by atoms with van der Waals surface area (Å²) in [6, 6.07) is 0.608. The predicted molar refractivity (Wildman–Crippen MR) is 81.3 cm³/mol. The summed E-state index contributed by atoms with van der Waals surface area (Å²) < 4.78 is 0. The summed E-state index contributed by atoms with van der Waals surface area (Å²) in [6.07, 6.45) is 2.33. The van der Waals surface area contributed by atoms with Crippen LogP contribution in [0.4, 0.5) is 5.13 Å². The summed E-state index contributed by atoms with van der Waals surface area (Å²) in [5.74, 6) is 0.647. The van der Waals surface area contributed by atoms with E-state index in [1.54, 1.807) is 11.3 Å². The van der Waals surface area contributed by atoms with Crippen LogP contribution in [0.2, 0.25) is 0 Å². The number of hydrogen-bond acceptors (Lipinski definition) is 4.